The van der Waals surface area contributed by atoms with Crippen LogP contribution in [0, 0.1) is 13.8 Å². The van der Waals surface area contributed by atoms with Crippen LogP contribution >= 0.6 is 0 Å². The van der Waals surface area contributed by atoms with E-state index in [1.807, 2.05) is 10.9 Å². The van der Waals surface area contributed by atoms with Crippen LogP contribution in [0.4, 0.5) is 0 Å². The van der Waals surface area contributed by atoms with Gasteiger partial charge in [-0.1, -0.05) is 29.0 Å². The van der Waals surface area contributed by atoms with Gasteiger partial charge in [-0.25, -0.2) is 4.68 Å². The van der Waals surface area contributed by atoms with Gasteiger partial charge in [0, 0.05) is 6.20 Å². The average Bonchev–Trinajstić information content (AvgIpc) is 2.79. The van der Waals surface area contributed by atoms with Crippen LogP contribution in [-0.2, 0) is 13.0 Å². The van der Waals surface area contributed by atoms with Crippen molar-refractivity contribution in [3.63, 3.8) is 0 Å². The van der Waals surface area contributed by atoms with Crippen LogP contribution in [0.3, 0.4) is 0 Å². The Labute approximate surface area is 108 Å². The maximum atomic E-state index is 5.49. The van der Waals surface area contributed by atoms with Gasteiger partial charge in [0.15, 0.2) is 0 Å². The molecule has 1 aromatic carbocycles. The largest absolute Gasteiger partial charge is 0.330 e. The molecule has 2 aromatic rings. The van der Waals surface area contributed by atoms with Gasteiger partial charge in [0.1, 0.15) is 0 Å². The summed E-state index contributed by atoms with van der Waals surface area (Å²) in [6.07, 6.45) is 3.88. The second kappa shape index (κ2) is 5.78. The summed E-state index contributed by atoms with van der Waals surface area (Å²) in [5, 5.41) is 8.32. The first-order chi connectivity index (χ1) is 8.69. The number of nitrogens with two attached hydrogens (primary N) is 1. The van der Waals surface area contributed by atoms with Crippen molar-refractivity contribution in [3.05, 3.63) is 46.8 Å². The zero-order valence-corrected chi connectivity index (χ0v) is 11.1. The maximum absolute atomic E-state index is 5.49. The molecule has 0 amide bonds. The number of aromatic nitrogens is 3. The maximum Gasteiger partial charge on any atom is 0.0827 e. The molecule has 0 fully saturated rings. The number of hydrogen-bond donors (Lipinski definition) is 1. The van der Waals surface area contributed by atoms with Crippen LogP contribution < -0.4 is 5.73 Å². The molecule has 2 rings (SSSR count). The Morgan fingerprint density at radius 2 is 2.11 bits per heavy atom. The topological polar surface area (TPSA) is 56.7 Å². The second-order valence-electron chi connectivity index (χ2n) is 4.73. The van der Waals surface area contributed by atoms with E-state index in [0.29, 0.717) is 6.54 Å². The fraction of sp³-hybridized carbons (Fsp3) is 0.429. The molecular weight excluding hydrogens is 224 g/mol. The summed E-state index contributed by atoms with van der Waals surface area (Å²) < 4.78 is 1.90. The molecule has 2 N–H and O–H groups in total. The molecule has 0 unspecified atom stereocenters. The lowest BCUT2D eigenvalue weighted by Crippen LogP contribution is -2.02. The minimum atomic E-state index is 0.698. The normalized spacial score (nSPS) is 10.8. The van der Waals surface area contributed by atoms with E-state index in [1.54, 1.807) is 0 Å². The first kappa shape index (κ1) is 12.8. The molecule has 0 aliphatic heterocycles. The molecule has 1 heterocycles. The molecular formula is C14H20N4. The first-order valence-electron chi connectivity index (χ1n) is 6.34. The van der Waals surface area contributed by atoms with Crippen LogP contribution in [0.5, 0.6) is 0 Å². The highest BCUT2D eigenvalue weighted by Gasteiger charge is 2.03. The van der Waals surface area contributed by atoms with E-state index in [2.05, 4.69) is 42.4 Å². The van der Waals surface area contributed by atoms with Crippen molar-refractivity contribution in [3.8, 4) is 0 Å². The van der Waals surface area contributed by atoms with E-state index in [1.165, 1.54) is 16.7 Å². The van der Waals surface area contributed by atoms with E-state index < -0.39 is 0 Å². The predicted molar refractivity (Wildman–Crippen MR) is 72.4 cm³/mol. The second-order valence-corrected chi connectivity index (χ2v) is 4.73. The summed E-state index contributed by atoms with van der Waals surface area (Å²) >= 11 is 0. The summed E-state index contributed by atoms with van der Waals surface area (Å²) in [6.45, 7) is 5.71. The van der Waals surface area contributed by atoms with Crippen molar-refractivity contribution < 1.29 is 0 Å². The fourth-order valence-electron chi connectivity index (χ4n) is 1.96. The van der Waals surface area contributed by atoms with E-state index >= 15 is 0 Å². The number of aryl methyl sites for hydroxylation is 3. The SMILES string of the molecule is Cc1ccc(C)c(Cn2cc(CCCN)nn2)c1. The van der Waals surface area contributed by atoms with Crippen LogP contribution in [0.15, 0.2) is 24.4 Å². The van der Waals surface area contributed by atoms with Crippen LogP contribution in [0.1, 0.15) is 28.8 Å². The van der Waals surface area contributed by atoms with Crippen molar-refractivity contribution in [2.24, 2.45) is 5.73 Å². The Morgan fingerprint density at radius 3 is 2.89 bits per heavy atom. The Kier molecular flexibility index (Phi) is 4.10. The van der Waals surface area contributed by atoms with Crippen molar-refractivity contribution in [2.75, 3.05) is 6.54 Å². The van der Waals surface area contributed by atoms with Gasteiger partial charge in [0.25, 0.3) is 0 Å². The smallest absolute Gasteiger partial charge is 0.0827 e. The summed E-state index contributed by atoms with van der Waals surface area (Å²) in [4.78, 5) is 0. The van der Waals surface area contributed by atoms with E-state index in [9.17, 15) is 0 Å². The molecule has 0 spiro atoms. The van der Waals surface area contributed by atoms with E-state index in [-0.39, 0.29) is 0 Å². The molecule has 0 aliphatic carbocycles. The average molecular weight is 244 g/mol. The van der Waals surface area contributed by atoms with Gasteiger partial charge in [-0.15, -0.1) is 5.10 Å². The molecule has 18 heavy (non-hydrogen) atoms. The fourth-order valence-corrected chi connectivity index (χ4v) is 1.96. The predicted octanol–water partition coefficient (Wildman–Crippen LogP) is 1.83. The molecule has 1 aromatic heterocycles. The number of rotatable bonds is 5. The minimum absolute atomic E-state index is 0.698. The minimum Gasteiger partial charge on any atom is -0.330 e. The summed E-state index contributed by atoms with van der Waals surface area (Å²) in [6, 6.07) is 6.49. The Hall–Kier alpha value is -1.68. The molecule has 4 nitrogen and oxygen atoms in total. The zero-order chi connectivity index (χ0) is 13.0. The van der Waals surface area contributed by atoms with Crippen LogP contribution in [-0.4, -0.2) is 21.5 Å². The number of benzene rings is 1. The third kappa shape index (κ3) is 3.17. The first-order valence-corrected chi connectivity index (χ1v) is 6.34. The highest BCUT2D eigenvalue weighted by Crippen LogP contribution is 2.12. The molecule has 0 bridgehead atoms. The highest BCUT2D eigenvalue weighted by molar-refractivity contribution is 5.30. The molecule has 0 radical (unpaired) electrons. The highest BCUT2D eigenvalue weighted by atomic mass is 15.4. The number of hydrogen-bond acceptors (Lipinski definition) is 3. The third-order valence-electron chi connectivity index (χ3n) is 3.06. The molecule has 96 valence electrons. The van der Waals surface area contributed by atoms with Gasteiger partial charge in [0.2, 0.25) is 0 Å². The van der Waals surface area contributed by atoms with E-state index in [4.69, 9.17) is 5.73 Å². The van der Waals surface area contributed by atoms with Crippen molar-refractivity contribution >= 4 is 0 Å². The van der Waals surface area contributed by atoms with Gasteiger partial charge < -0.3 is 5.73 Å². The lowest BCUT2D eigenvalue weighted by atomic mass is 10.1. The van der Waals surface area contributed by atoms with Crippen molar-refractivity contribution in [1.29, 1.82) is 0 Å². The van der Waals surface area contributed by atoms with Gasteiger partial charge >= 0.3 is 0 Å². The molecule has 0 saturated heterocycles. The Bertz CT molecular complexity index is 516. The lowest BCUT2D eigenvalue weighted by molar-refractivity contribution is 0.646. The van der Waals surface area contributed by atoms with Gasteiger partial charge in [0.05, 0.1) is 12.2 Å². The van der Waals surface area contributed by atoms with Gasteiger partial charge in [-0.2, -0.15) is 0 Å². The van der Waals surface area contributed by atoms with Crippen molar-refractivity contribution in [2.45, 2.75) is 33.2 Å². The molecule has 0 aliphatic rings. The van der Waals surface area contributed by atoms with Crippen LogP contribution in [0.25, 0.3) is 0 Å². The number of nitrogens with zero attached hydrogens (tertiary/aromatic N) is 3. The summed E-state index contributed by atoms with van der Waals surface area (Å²) in [5.74, 6) is 0. The Morgan fingerprint density at radius 1 is 1.28 bits per heavy atom. The molecule has 0 atom stereocenters. The Balaban J connectivity index is 2.08. The monoisotopic (exact) mass is 244 g/mol. The summed E-state index contributed by atoms with van der Waals surface area (Å²) in [5.41, 5.74) is 10.4. The van der Waals surface area contributed by atoms with Gasteiger partial charge in [-0.05, 0) is 44.4 Å². The zero-order valence-electron chi connectivity index (χ0n) is 11.1. The van der Waals surface area contributed by atoms with Crippen molar-refractivity contribution in [1.82, 2.24) is 15.0 Å². The molecule has 0 saturated carbocycles. The lowest BCUT2D eigenvalue weighted by Gasteiger charge is -2.06. The quantitative estimate of drug-likeness (QED) is 0.873. The molecule has 4 heteroatoms. The van der Waals surface area contributed by atoms with Crippen LogP contribution in [0.2, 0.25) is 0 Å². The van der Waals surface area contributed by atoms with E-state index in [0.717, 1.165) is 25.1 Å². The third-order valence-corrected chi connectivity index (χ3v) is 3.06. The standard InChI is InChI=1S/C14H20N4/c1-11-5-6-12(2)13(8-11)9-18-10-14(16-17-18)4-3-7-15/h5-6,8,10H,3-4,7,9,15H2,1-2H3. The van der Waals surface area contributed by atoms with Gasteiger partial charge in [-0.3, -0.25) is 0 Å². The summed E-state index contributed by atoms with van der Waals surface area (Å²) in [7, 11) is 0.